The van der Waals surface area contributed by atoms with Crippen molar-refractivity contribution in [2.75, 3.05) is 0 Å². The number of fused-ring (bicyclic) bond motifs is 2. The first-order valence-corrected chi connectivity index (χ1v) is 11.6. The third-order valence-electron chi connectivity index (χ3n) is 4.60. The molecular weight excluding hydrogens is 467 g/mol. The SMILES string of the molecule is O=S(=O)(O)c1cc(N=Nc2c(O)ccc3ccccc23)c2c(S(=O)(=O)O)cccc2c1.[Na+]. The zero-order chi connectivity index (χ0) is 22.4. The fourth-order valence-electron chi connectivity index (χ4n) is 3.24. The molecule has 3 N–H and O–H groups in total. The fraction of sp³-hybridized carbons (Fsp3) is 0. The van der Waals surface area contributed by atoms with Crippen LogP contribution in [0.1, 0.15) is 0 Å². The minimum atomic E-state index is -4.69. The minimum absolute atomic E-state index is 0. The summed E-state index contributed by atoms with van der Waals surface area (Å²) in [5.74, 6) is -0.201. The molecule has 0 aliphatic rings. The Morgan fingerprint density at radius 1 is 0.719 bits per heavy atom. The molecule has 158 valence electrons. The van der Waals surface area contributed by atoms with Gasteiger partial charge in [0.1, 0.15) is 16.3 Å². The zero-order valence-electron chi connectivity index (χ0n) is 16.5. The third kappa shape index (κ3) is 4.69. The van der Waals surface area contributed by atoms with Crippen LogP contribution in [0.25, 0.3) is 21.5 Å². The summed E-state index contributed by atoms with van der Waals surface area (Å²) in [6.45, 7) is 0. The van der Waals surface area contributed by atoms with Crippen molar-refractivity contribution in [2.45, 2.75) is 9.79 Å². The van der Waals surface area contributed by atoms with Gasteiger partial charge in [-0.05, 0) is 35.0 Å². The molecule has 0 heterocycles. The third-order valence-corrected chi connectivity index (χ3v) is 6.33. The quantitative estimate of drug-likeness (QED) is 0.227. The summed E-state index contributed by atoms with van der Waals surface area (Å²) in [6.07, 6.45) is 0. The largest absolute Gasteiger partial charge is 1.00 e. The standard InChI is InChI=1S/C20H14N2O7S2.Na/c23-17-9-8-12-4-1-2-6-15(12)20(17)22-21-16-11-14(30(24,25)26)10-13-5-3-7-18(19(13)16)31(27,28)29;/h1-11,23H,(H,24,25,26)(H,27,28,29);/q;+1. The molecule has 0 spiro atoms. The van der Waals surface area contributed by atoms with Gasteiger partial charge in [0.05, 0.1) is 10.6 Å². The Morgan fingerprint density at radius 3 is 2.09 bits per heavy atom. The number of phenolic OH excluding ortho intramolecular Hbond substituents is 1. The van der Waals surface area contributed by atoms with Crippen LogP contribution in [0.3, 0.4) is 0 Å². The second-order valence-electron chi connectivity index (χ2n) is 6.60. The van der Waals surface area contributed by atoms with Crippen molar-refractivity contribution < 1.29 is 60.6 Å². The summed E-state index contributed by atoms with van der Waals surface area (Å²) >= 11 is 0. The molecule has 0 bridgehead atoms. The van der Waals surface area contributed by atoms with Crippen molar-refractivity contribution in [1.82, 2.24) is 0 Å². The Bertz CT molecular complexity index is 1600. The van der Waals surface area contributed by atoms with Gasteiger partial charge in [0.15, 0.2) is 0 Å². The molecule has 0 atom stereocenters. The summed E-state index contributed by atoms with van der Waals surface area (Å²) in [5.41, 5.74) is -0.168. The molecule has 0 amide bonds. The normalized spacial score (nSPS) is 12.3. The predicted octanol–water partition coefficient (Wildman–Crippen LogP) is 1.61. The average molecular weight is 481 g/mol. The number of nitrogens with zero attached hydrogens (tertiary/aromatic N) is 2. The average Bonchev–Trinajstić information content (AvgIpc) is 2.71. The van der Waals surface area contributed by atoms with Crippen molar-refractivity contribution >= 4 is 53.2 Å². The van der Waals surface area contributed by atoms with Crippen LogP contribution in [-0.4, -0.2) is 31.0 Å². The summed E-state index contributed by atoms with van der Waals surface area (Å²) < 4.78 is 66.2. The molecule has 12 heteroatoms. The molecule has 0 radical (unpaired) electrons. The first-order valence-electron chi connectivity index (χ1n) is 8.70. The Labute approximate surface area is 205 Å². The van der Waals surface area contributed by atoms with Crippen LogP contribution in [-0.2, 0) is 20.2 Å². The van der Waals surface area contributed by atoms with Gasteiger partial charge in [-0.1, -0.05) is 42.5 Å². The molecule has 4 aromatic rings. The molecule has 0 aliphatic heterocycles. The van der Waals surface area contributed by atoms with E-state index in [9.17, 15) is 31.0 Å². The van der Waals surface area contributed by atoms with Crippen molar-refractivity contribution in [3.63, 3.8) is 0 Å². The number of hydrogen-bond donors (Lipinski definition) is 3. The van der Waals surface area contributed by atoms with Gasteiger partial charge >= 0.3 is 29.6 Å². The first-order chi connectivity index (χ1) is 14.6. The number of benzene rings is 4. The molecule has 0 aliphatic carbocycles. The van der Waals surface area contributed by atoms with Crippen molar-refractivity contribution in [3.05, 3.63) is 66.7 Å². The summed E-state index contributed by atoms with van der Waals surface area (Å²) in [4.78, 5) is -1.05. The summed E-state index contributed by atoms with van der Waals surface area (Å²) in [5, 5.41) is 19.5. The van der Waals surface area contributed by atoms with Crippen molar-refractivity contribution in [3.8, 4) is 5.75 Å². The number of phenols is 1. The Morgan fingerprint density at radius 2 is 1.41 bits per heavy atom. The molecule has 32 heavy (non-hydrogen) atoms. The van der Waals surface area contributed by atoms with Gasteiger partial charge in [-0.3, -0.25) is 9.11 Å². The zero-order valence-corrected chi connectivity index (χ0v) is 20.2. The number of rotatable bonds is 4. The van der Waals surface area contributed by atoms with Crippen LogP contribution in [0.4, 0.5) is 11.4 Å². The van der Waals surface area contributed by atoms with E-state index < -0.39 is 30.0 Å². The van der Waals surface area contributed by atoms with Crippen LogP contribution < -0.4 is 29.6 Å². The van der Waals surface area contributed by atoms with Gasteiger partial charge in [-0.25, -0.2) is 0 Å². The van der Waals surface area contributed by atoms with Crippen LogP contribution in [0.5, 0.6) is 5.75 Å². The van der Waals surface area contributed by atoms with E-state index in [-0.39, 0.29) is 57.5 Å². The number of aromatic hydroxyl groups is 1. The fourth-order valence-corrected chi connectivity index (χ4v) is 4.51. The maximum Gasteiger partial charge on any atom is 1.00 e. The van der Waals surface area contributed by atoms with E-state index in [4.69, 9.17) is 0 Å². The second kappa shape index (κ2) is 8.87. The van der Waals surface area contributed by atoms with E-state index in [1.807, 2.05) is 0 Å². The van der Waals surface area contributed by atoms with Gasteiger partial charge in [0, 0.05) is 10.8 Å². The van der Waals surface area contributed by atoms with E-state index in [1.54, 1.807) is 30.3 Å². The molecule has 0 aromatic heterocycles. The molecule has 4 aromatic carbocycles. The van der Waals surface area contributed by atoms with E-state index in [1.165, 1.54) is 18.2 Å². The smallest absolute Gasteiger partial charge is 0.506 e. The van der Waals surface area contributed by atoms with Gasteiger partial charge in [0.2, 0.25) is 0 Å². The second-order valence-corrected chi connectivity index (χ2v) is 9.41. The van der Waals surface area contributed by atoms with Crippen LogP contribution in [0.15, 0.2) is 86.7 Å². The number of hydrogen-bond acceptors (Lipinski definition) is 7. The molecular formula is C20H14N2NaO7S2+. The van der Waals surface area contributed by atoms with E-state index in [0.717, 1.165) is 23.6 Å². The van der Waals surface area contributed by atoms with Crippen LogP contribution in [0, 0.1) is 0 Å². The molecule has 4 rings (SSSR count). The van der Waals surface area contributed by atoms with E-state index >= 15 is 0 Å². The monoisotopic (exact) mass is 481 g/mol. The summed E-state index contributed by atoms with van der Waals surface area (Å²) in [7, 11) is -9.34. The van der Waals surface area contributed by atoms with Gasteiger partial charge in [-0.2, -0.15) is 16.8 Å². The van der Waals surface area contributed by atoms with E-state index in [0.29, 0.717) is 5.39 Å². The predicted molar refractivity (Wildman–Crippen MR) is 113 cm³/mol. The molecule has 0 unspecified atom stereocenters. The van der Waals surface area contributed by atoms with Gasteiger partial charge < -0.3 is 5.11 Å². The Hall–Kier alpha value is -2.38. The number of azo groups is 1. The minimum Gasteiger partial charge on any atom is -0.506 e. The van der Waals surface area contributed by atoms with Crippen LogP contribution >= 0.6 is 0 Å². The Kier molecular flexibility index (Phi) is 6.72. The van der Waals surface area contributed by atoms with E-state index in [2.05, 4.69) is 10.2 Å². The Balaban J connectivity index is 0.00000289. The van der Waals surface area contributed by atoms with Gasteiger partial charge in [0.25, 0.3) is 20.2 Å². The topological polar surface area (TPSA) is 154 Å². The van der Waals surface area contributed by atoms with Crippen LogP contribution in [0.2, 0.25) is 0 Å². The van der Waals surface area contributed by atoms with Gasteiger partial charge in [-0.15, -0.1) is 10.2 Å². The molecule has 0 fully saturated rings. The maximum atomic E-state index is 11.9. The summed E-state index contributed by atoms with van der Waals surface area (Å²) in [6, 6.07) is 15.9. The van der Waals surface area contributed by atoms with Crippen molar-refractivity contribution in [1.29, 1.82) is 0 Å². The molecule has 0 saturated heterocycles. The maximum absolute atomic E-state index is 11.9. The molecule has 0 saturated carbocycles. The molecule has 9 nitrogen and oxygen atoms in total. The van der Waals surface area contributed by atoms with Crippen molar-refractivity contribution in [2.24, 2.45) is 10.2 Å². The first kappa shape index (κ1) is 24.3.